The second-order valence-electron chi connectivity index (χ2n) is 4.12. The molecule has 0 fully saturated rings. The smallest absolute Gasteiger partial charge is 0.253 e. The molecule has 19 heavy (non-hydrogen) atoms. The fraction of sp³-hybridized carbons (Fsp3) is 0.286. The Balaban J connectivity index is 1.88. The summed E-state index contributed by atoms with van der Waals surface area (Å²) in [7, 11) is 0. The van der Waals surface area contributed by atoms with E-state index < -0.39 is 0 Å². The zero-order chi connectivity index (χ0) is 13.5. The minimum Gasteiger partial charge on any atom is -0.370 e. The number of carbonyl (C=O) groups is 1. The normalized spacial score (nSPS) is 10.2. The van der Waals surface area contributed by atoms with E-state index in [1.807, 2.05) is 23.6 Å². The summed E-state index contributed by atoms with van der Waals surface area (Å²) in [6.07, 6.45) is 2.65. The van der Waals surface area contributed by atoms with Crippen molar-refractivity contribution in [2.75, 3.05) is 11.9 Å². The Morgan fingerprint density at radius 3 is 2.89 bits per heavy atom. The molecule has 0 saturated heterocycles. The first-order chi connectivity index (χ1) is 9.29. The van der Waals surface area contributed by atoms with E-state index in [0.29, 0.717) is 12.1 Å². The molecule has 0 bridgehead atoms. The lowest BCUT2D eigenvalue weighted by Gasteiger charge is -2.06. The van der Waals surface area contributed by atoms with Gasteiger partial charge in [-0.1, -0.05) is 13.0 Å². The van der Waals surface area contributed by atoms with Gasteiger partial charge in [0.05, 0.1) is 12.1 Å². The van der Waals surface area contributed by atoms with E-state index in [4.69, 9.17) is 0 Å². The highest BCUT2D eigenvalue weighted by Gasteiger charge is 2.06. The van der Waals surface area contributed by atoms with Crippen LogP contribution in [0.3, 0.4) is 0 Å². The van der Waals surface area contributed by atoms with Crippen molar-refractivity contribution in [3.63, 3.8) is 0 Å². The van der Waals surface area contributed by atoms with Crippen molar-refractivity contribution in [1.29, 1.82) is 0 Å². The van der Waals surface area contributed by atoms with Gasteiger partial charge in [-0.2, -0.15) is 0 Å². The van der Waals surface area contributed by atoms with E-state index in [2.05, 4.69) is 22.5 Å². The molecule has 0 atom stereocenters. The summed E-state index contributed by atoms with van der Waals surface area (Å²) >= 11 is 1.63. The maximum absolute atomic E-state index is 11.9. The molecule has 1 amide bonds. The molecule has 2 aromatic rings. The van der Waals surface area contributed by atoms with Crippen LogP contribution in [0.4, 0.5) is 5.82 Å². The number of carbonyl (C=O) groups excluding carboxylic acids is 1. The van der Waals surface area contributed by atoms with Crippen LogP contribution in [0.1, 0.15) is 28.6 Å². The lowest BCUT2D eigenvalue weighted by Crippen LogP contribution is -2.22. The lowest BCUT2D eigenvalue weighted by atomic mass is 10.2. The molecule has 0 aliphatic carbocycles. The number of thiophene rings is 1. The fourth-order valence-electron chi connectivity index (χ4n) is 1.57. The number of rotatable bonds is 6. The topological polar surface area (TPSA) is 54.0 Å². The van der Waals surface area contributed by atoms with Crippen LogP contribution in [0.15, 0.2) is 35.8 Å². The molecule has 100 valence electrons. The molecule has 0 radical (unpaired) electrons. The third kappa shape index (κ3) is 4.06. The number of aromatic nitrogens is 1. The predicted molar refractivity (Wildman–Crippen MR) is 78.5 cm³/mol. The monoisotopic (exact) mass is 275 g/mol. The Hall–Kier alpha value is -1.88. The standard InChI is InChI=1S/C14H17N3OS/c1-2-7-15-13-6-5-11(9-16-13)14(18)17-10-12-4-3-8-19-12/h3-6,8-9H,2,7,10H2,1H3,(H,15,16)(H,17,18). The molecule has 0 aromatic carbocycles. The predicted octanol–water partition coefficient (Wildman–Crippen LogP) is 2.90. The first kappa shape index (κ1) is 13.5. The van der Waals surface area contributed by atoms with E-state index in [1.165, 1.54) is 0 Å². The molecule has 2 rings (SSSR count). The van der Waals surface area contributed by atoms with Gasteiger partial charge in [-0.25, -0.2) is 4.98 Å². The summed E-state index contributed by atoms with van der Waals surface area (Å²) < 4.78 is 0. The van der Waals surface area contributed by atoms with Gasteiger partial charge in [0, 0.05) is 17.6 Å². The quantitative estimate of drug-likeness (QED) is 0.852. The number of nitrogens with one attached hydrogen (secondary N) is 2. The summed E-state index contributed by atoms with van der Waals surface area (Å²) in [5.41, 5.74) is 0.582. The highest BCUT2D eigenvalue weighted by molar-refractivity contribution is 7.09. The first-order valence-corrected chi connectivity index (χ1v) is 7.18. The molecule has 2 aromatic heterocycles. The van der Waals surface area contributed by atoms with Gasteiger partial charge in [0.2, 0.25) is 0 Å². The van der Waals surface area contributed by atoms with E-state index >= 15 is 0 Å². The maximum Gasteiger partial charge on any atom is 0.253 e. The van der Waals surface area contributed by atoms with Gasteiger partial charge in [-0.3, -0.25) is 4.79 Å². The van der Waals surface area contributed by atoms with Crippen LogP contribution in [0.5, 0.6) is 0 Å². The van der Waals surface area contributed by atoms with Crippen molar-refractivity contribution < 1.29 is 4.79 Å². The van der Waals surface area contributed by atoms with Crippen molar-refractivity contribution >= 4 is 23.1 Å². The Morgan fingerprint density at radius 1 is 1.37 bits per heavy atom. The second-order valence-corrected chi connectivity index (χ2v) is 5.15. The molecule has 0 aliphatic rings. The van der Waals surface area contributed by atoms with Crippen molar-refractivity contribution in [3.05, 3.63) is 46.3 Å². The minimum atomic E-state index is -0.0945. The molecule has 0 aliphatic heterocycles. The van der Waals surface area contributed by atoms with E-state index in [1.54, 1.807) is 23.6 Å². The van der Waals surface area contributed by atoms with Crippen molar-refractivity contribution in [3.8, 4) is 0 Å². The van der Waals surface area contributed by atoms with Gasteiger partial charge in [0.25, 0.3) is 5.91 Å². The summed E-state index contributed by atoms with van der Waals surface area (Å²) in [6.45, 7) is 3.54. The van der Waals surface area contributed by atoms with Crippen LogP contribution < -0.4 is 10.6 Å². The lowest BCUT2D eigenvalue weighted by molar-refractivity contribution is 0.0951. The Kier molecular flexibility index (Phi) is 4.92. The maximum atomic E-state index is 11.9. The van der Waals surface area contributed by atoms with Gasteiger partial charge in [-0.05, 0) is 30.0 Å². The molecular weight excluding hydrogens is 258 g/mol. The number of nitrogens with zero attached hydrogens (tertiary/aromatic N) is 1. The number of amides is 1. The van der Waals surface area contributed by atoms with E-state index in [-0.39, 0.29) is 5.91 Å². The highest BCUT2D eigenvalue weighted by atomic mass is 32.1. The molecule has 2 heterocycles. The summed E-state index contributed by atoms with van der Waals surface area (Å²) in [4.78, 5) is 17.3. The first-order valence-electron chi connectivity index (χ1n) is 6.30. The zero-order valence-electron chi connectivity index (χ0n) is 10.8. The van der Waals surface area contributed by atoms with Crippen molar-refractivity contribution in [1.82, 2.24) is 10.3 Å². The van der Waals surface area contributed by atoms with Crippen molar-refractivity contribution in [2.45, 2.75) is 19.9 Å². The molecule has 0 unspecified atom stereocenters. The molecule has 0 saturated carbocycles. The average Bonchev–Trinajstić information content (AvgIpc) is 2.96. The summed E-state index contributed by atoms with van der Waals surface area (Å²) in [5.74, 6) is 0.708. The van der Waals surface area contributed by atoms with Crippen LogP contribution in [0.25, 0.3) is 0 Å². The summed E-state index contributed by atoms with van der Waals surface area (Å²) in [6, 6.07) is 7.59. The van der Waals surface area contributed by atoms with Crippen LogP contribution in [-0.2, 0) is 6.54 Å². The largest absolute Gasteiger partial charge is 0.370 e. The van der Waals surface area contributed by atoms with E-state index in [9.17, 15) is 4.79 Å². The fourth-order valence-corrected chi connectivity index (χ4v) is 2.21. The Morgan fingerprint density at radius 2 is 2.26 bits per heavy atom. The van der Waals surface area contributed by atoms with E-state index in [0.717, 1.165) is 23.7 Å². The number of anilines is 1. The van der Waals surface area contributed by atoms with Gasteiger partial charge in [0.15, 0.2) is 0 Å². The van der Waals surface area contributed by atoms with Crippen molar-refractivity contribution in [2.24, 2.45) is 0 Å². The third-order valence-electron chi connectivity index (χ3n) is 2.59. The zero-order valence-corrected chi connectivity index (χ0v) is 11.7. The second kappa shape index (κ2) is 6.89. The van der Waals surface area contributed by atoms with Gasteiger partial charge < -0.3 is 10.6 Å². The number of hydrogen-bond donors (Lipinski definition) is 2. The molecule has 4 nitrogen and oxygen atoms in total. The Labute approximate surface area is 116 Å². The highest BCUT2D eigenvalue weighted by Crippen LogP contribution is 2.09. The average molecular weight is 275 g/mol. The molecule has 0 spiro atoms. The molecular formula is C14H17N3OS. The number of hydrogen-bond acceptors (Lipinski definition) is 4. The molecule has 2 N–H and O–H groups in total. The van der Waals surface area contributed by atoms with Crippen LogP contribution in [0.2, 0.25) is 0 Å². The number of pyridine rings is 1. The van der Waals surface area contributed by atoms with Gasteiger partial charge in [-0.15, -0.1) is 11.3 Å². The Bertz CT molecular complexity index is 508. The minimum absolute atomic E-state index is 0.0945. The SMILES string of the molecule is CCCNc1ccc(C(=O)NCc2cccs2)cn1. The summed E-state index contributed by atoms with van der Waals surface area (Å²) in [5, 5.41) is 8.05. The van der Waals surface area contributed by atoms with Crippen LogP contribution in [-0.4, -0.2) is 17.4 Å². The molecule has 5 heteroatoms. The van der Waals surface area contributed by atoms with Gasteiger partial charge >= 0.3 is 0 Å². The third-order valence-corrected chi connectivity index (χ3v) is 3.46. The van der Waals surface area contributed by atoms with Crippen LogP contribution >= 0.6 is 11.3 Å². The van der Waals surface area contributed by atoms with Crippen LogP contribution in [0, 0.1) is 0 Å². The van der Waals surface area contributed by atoms with Gasteiger partial charge in [0.1, 0.15) is 5.82 Å².